The SMILES string of the molecule is CC(C)(C)OC(=O)C[C@@H](Cc1cccc(Br)c1)C(=O)O. The maximum atomic E-state index is 11.7. The lowest BCUT2D eigenvalue weighted by Gasteiger charge is -2.21. The van der Waals surface area contributed by atoms with E-state index < -0.39 is 23.5 Å². The van der Waals surface area contributed by atoms with E-state index in [1.165, 1.54) is 0 Å². The number of ether oxygens (including phenoxy) is 1. The average Bonchev–Trinajstić information content (AvgIpc) is 2.25. The Morgan fingerprint density at radius 2 is 2.00 bits per heavy atom. The Labute approximate surface area is 127 Å². The Morgan fingerprint density at radius 1 is 1.35 bits per heavy atom. The molecule has 0 aliphatic rings. The average molecular weight is 343 g/mol. The second-order valence-corrected chi connectivity index (χ2v) is 6.58. The van der Waals surface area contributed by atoms with Gasteiger partial charge in [-0.2, -0.15) is 0 Å². The number of hydrogen-bond donors (Lipinski definition) is 1. The van der Waals surface area contributed by atoms with Gasteiger partial charge in [-0.05, 0) is 44.9 Å². The first-order chi connectivity index (χ1) is 9.17. The smallest absolute Gasteiger partial charge is 0.307 e. The lowest BCUT2D eigenvalue weighted by molar-refractivity contribution is -0.159. The zero-order valence-corrected chi connectivity index (χ0v) is 13.4. The van der Waals surface area contributed by atoms with Gasteiger partial charge < -0.3 is 9.84 Å². The molecule has 20 heavy (non-hydrogen) atoms. The van der Waals surface area contributed by atoms with Crippen LogP contribution in [-0.2, 0) is 20.7 Å². The highest BCUT2D eigenvalue weighted by atomic mass is 79.9. The number of rotatable bonds is 5. The number of hydrogen-bond acceptors (Lipinski definition) is 3. The number of carbonyl (C=O) groups is 2. The van der Waals surface area contributed by atoms with Crippen LogP contribution in [0.1, 0.15) is 32.8 Å². The highest BCUT2D eigenvalue weighted by Gasteiger charge is 2.25. The van der Waals surface area contributed by atoms with Gasteiger partial charge in [0.15, 0.2) is 0 Å². The van der Waals surface area contributed by atoms with E-state index in [9.17, 15) is 14.7 Å². The maximum absolute atomic E-state index is 11.7. The summed E-state index contributed by atoms with van der Waals surface area (Å²) in [6.07, 6.45) is 0.174. The molecule has 0 bridgehead atoms. The molecule has 0 aromatic heterocycles. The van der Waals surface area contributed by atoms with Crippen LogP contribution in [0.4, 0.5) is 0 Å². The number of esters is 1. The predicted molar refractivity (Wildman–Crippen MR) is 79.4 cm³/mol. The number of aliphatic carboxylic acids is 1. The molecule has 1 rings (SSSR count). The van der Waals surface area contributed by atoms with E-state index in [1.807, 2.05) is 24.3 Å². The fourth-order valence-corrected chi connectivity index (χ4v) is 2.23. The van der Waals surface area contributed by atoms with Gasteiger partial charge in [0.1, 0.15) is 5.60 Å². The van der Waals surface area contributed by atoms with E-state index in [4.69, 9.17) is 4.74 Å². The molecule has 0 spiro atoms. The summed E-state index contributed by atoms with van der Waals surface area (Å²) >= 11 is 3.34. The van der Waals surface area contributed by atoms with Crippen molar-refractivity contribution in [3.63, 3.8) is 0 Å². The molecule has 0 radical (unpaired) electrons. The lowest BCUT2D eigenvalue weighted by atomic mass is 9.96. The van der Waals surface area contributed by atoms with Crippen molar-refractivity contribution in [2.75, 3.05) is 0 Å². The standard InChI is InChI=1S/C15H19BrO4/c1-15(2,3)20-13(17)9-11(14(18)19)7-10-5-4-6-12(16)8-10/h4-6,8,11H,7,9H2,1-3H3,(H,18,19)/t11-/m1/s1. The summed E-state index contributed by atoms with van der Waals surface area (Å²) in [5.74, 6) is -2.25. The van der Waals surface area contributed by atoms with Crippen molar-refractivity contribution < 1.29 is 19.4 Å². The van der Waals surface area contributed by atoms with Gasteiger partial charge in [0.2, 0.25) is 0 Å². The van der Waals surface area contributed by atoms with Crippen molar-refractivity contribution in [2.24, 2.45) is 5.92 Å². The Kier molecular flexibility index (Phi) is 5.74. The van der Waals surface area contributed by atoms with Crippen LogP contribution in [0.3, 0.4) is 0 Å². The molecule has 0 saturated carbocycles. The molecule has 0 saturated heterocycles. The van der Waals surface area contributed by atoms with Crippen molar-refractivity contribution in [3.8, 4) is 0 Å². The number of halogens is 1. The number of carboxylic acid groups (broad SMARTS) is 1. The molecule has 1 atom stereocenters. The Bertz CT molecular complexity index is 491. The van der Waals surface area contributed by atoms with E-state index in [-0.39, 0.29) is 6.42 Å². The van der Waals surface area contributed by atoms with E-state index in [0.29, 0.717) is 6.42 Å². The molecule has 1 aromatic carbocycles. The van der Waals surface area contributed by atoms with Gasteiger partial charge in [0.05, 0.1) is 12.3 Å². The fraction of sp³-hybridized carbons (Fsp3) is 0.467. The Morgan fingerprint density at radius 3 is 2.50 bits per heavy atom. The molecule has 0 fully saturated rings. The quantitative estimate of drug-likeness (QED) is 0.832. The molecule has 0 aliphatic heterocycles. The van der Waals surface area contributed by atoms with E-state index in [2.05, 4.69) is 15.9 Å². The molecular formula is C15H19BrO4. The summed E-state index contributed by atoms with van der Waals surface area (Å²) in [4.78, 5) is 23.0. The second kappa shape index (κ2) is 6.88. The number of carbonyl (C=O) groups excluding carboxylic acids is 1. The van der Waals surface area contributed by atoms with E-state index in [0.717, 1.165) is 10.0 Å². The molecule has 0 amide bonds. The van der Waals surface area contributed by atoms with Gasteiger partial charge >= 0.3 is 11.9 Å². The van der Waals surface area contributed by atoms with Crippen molar-refractivity contribution in [3.05, 3.63) is 34.3 Å². The second-order valence-electron chi connectivity index (χ2n) is 5.66. The third-order valence-electron chi connectivity index (χ3n) is 2.55. The van der Waals surface area contributed by atoms with E-state index in [1.54, 1.807) is 20.8 Å². The topological polar surface area (TPSA) is 63.6 Å². The summed E-state index contributed by atoms with van der Waals surface area (Å²) < 4.78 is 6.05. The third-order valence-corrected chi connectivity index (χ3v) is 3.05. The third kappa shape index (κ3) is 6.19. The molecule has 110 valence electrons. The van der Waals surface area contributed by atoms with Crippen LogP contribution < -0.4 is 0 Å². The van der Waals surface area contributed by atoms with Gasteiger partial charge in [0.25, 0.3) is 0 Å². The van der Waals surface area contributed by atoms with Gasteiger partial charge in [-0.25, -0.2) is 0 Å². The summed E-state index contributed by atoms with van der Waals surface area (Å²) in [7, 11) is 0. The number of carboxylic acids is 1. The van der Waals surface area contributed by atoms with Crippen LogP contribution in [0.25, 0.3) is 0 Å². The predicted octanol–water partition coefficient (Wildman–Crippen LogP) is 3.42. The fourth-order valence-electron chi connectivity index (χ4n) is 1.78. The van der Waals surface area contributed by atoms with Crippen LogP contribution >= 0.6 is 15.9 Å². The molecule has 0 heterocycles. The van der Waals surface area contributed by atoms with Crippen molar-refractivity contribution >= 4 is 27.9 Å². The zero-order valence-electron chi connectivity index (χ0n) is 11.9. The summed E-state index contributed by atoms with van der Waals surface area (Å²) in [6, 6.07) is 7.40. The van der Waals surface area contributed by atoms with Crippen molar-refractivity contribution in [1.82, 2.24) is 0 Å². The van der Waals surface area contributed by atoms with E-state index >= 15 is 0 Å². The highest BCUT2D eigenvalue weighted by Crippen LogP contribution is 2.19. The molecule has 5 heteroatoms. The monoisotopic (exact) mass is 342 g/mol. The van der Waals surface area contributed by atoms with Gasteiger partial charge in [-0.1, -0.05) is 28.1 Å². The Hall–Kier alpha value is -1.36. The van der Waals surface area contributed by atoms with Gasteiger partial charge in [-0.3, -0.25) is 9.59 Å². The minimum Gasteiger partial charge on any atom is -0.481 e. The van der Waals surface area contributed by atoms with Crippen LogP contribution in [0.2, 0.25) is 0 Å². The normalized spacial score (nSPS) is 12.8. The highest BCUT2D eigenvalue weighted by molar-refractivity contribution is 9.10. The maximum Gasteiger partial charge on any atom is 0.307 e. The summed E-state index contributed by atoms with van der Waals surface area (Å²) in [5.41, 5.74) is 0.269. The molecule has 1 N–H and O–H groups in total. The summed E-state index contributed by atoms with van der Waals surface area (Å²) in [5, 5.41) is 9.23. The minimum absolute atomic E-state index is 0.126. The van der Waals surface area contributed by atoms with Crippen LogP contribution in [0.5, 0.6) is 0 Å². The first kappa shape index (κ1) is 16.7. The first-order valence-electron chi connectivity index (χ1n) is 6.36. The van der Waals surface area contributed by atoms with Crippen LogP contribution in [-0.4, -0.2) is 22.6 Å². The minimum atomic E-state index is -0.990. The van der Waals surface area contributed by atoms with Crippen molar-refractivity contribution in [1.29, 1.82) is 0 Å². The zero-order chi connectivity index (χ0) is 15.3. The van der Waals surface area contributed by atoms with Crippen LogP contribution in [0.15, 0.2) is 28.7 Å². The Balaban J connectivity index is 2.71. The molecule has 4 nitrogen and oxygen atoms in total. The van der Waals surface area contributed by atoms with Crippen LogP contribution in [0, 0.1) is 5.92 Å². The first-order valence-corrected chi connectivity index (χ1v) is 7.16. The molecule has 1 aromatic rings. The summed E-state index contributed by atoms with van der Waals surface area (Å²) in [6.45, 7) is 5.28. The largest absolute Gasteiger partial charge is 0.481 e. The van der Waals surface area contributed by atoms with Gasteiger partial charge in [-0.15, -0.1) is 0 Å². The van der Waals surface area contributed by atoms with Crippen molar-refractivity contribution in [2.45, 2.75) is 39.2 Å². The molecule has 0 aliphatic carbocycles. The number of benzene rings is 1. The van der Waals surface area contributed by atoms with Gasteiger partial charge in [0, 0.05) is 4.47 Å². The lowest BCUT2D eigenvalue weighted by Crippen LogP contribution is -2.28. The molecule has 0 unspecified atom stereocenters. The molecular weight excluding hydrogens is 324 g/mol.